The third kappa shape index (κ3) is 5.05. The van der Waals surface area contributed by atoms with Gasteiger partial charge in [-0.1, -0.05) is 0 Å². The minimum absolute atomic E-state index is 0.195. The quantitative estimate of drug-likeness (QED) is 0.656. The lowest BCUT2D eigenvalue weighted by Gasteiger charge is -2.26. The number of nitriles is 1. The number of carbonyl (C=O) groups excluding carboxylic acids is 1. The van der Waals surface area contributed by atoms with E-state index in [2.05, 4.69) is 6.07 Å². The topological polar surface area (TPSA) is 53.3 Å². The molecule has 0 aromatic carbocycles. The molecule has 0 aromatic heterocycles. The molecule has 1 rings (SSSR count). The molecule has 0 radical (unpaired) electrons. The molecule has 4 nitrogen and oxygen atoms in total. The van der Waals surface area contributed by atoms with Crippen LogP contribution < -0.4 is 0 Å². The summed E-state index contributed by atoms with van der Waals surface area (Å²) in [6.45, 7) is 2.75. The van der Waals surface area contributed by atoms with E-state index in [0.717, 1.165) is 25.3 Å². The van der Waals surface area contributed by atoms with E-state index in [9.17, 15) is 4.79 Å². The molecule has 0 unspecified atom stereocenters. The molecule has 1 heterocycles. The summed E-state index contributed by atoms with van der Waals surface area (Å²) in [6, 6.07) is 2.09. The van der Waals surface area contributed by atoms with Crippen LogP contribution in [0.3, 0.4) is 0 Å². The van der Waals surface area contributed by atoms with E-state index in [1.165, 1.54) is 0 Å². The second-order valence-corrected chi connectivity index (χ2v) is 4.41. The highest BCUT2D eigenvalue weighted by Crippen LogP contribution is 2.07. The van der Waals surface area contributed by atoms with Crippen molar-refractivity contribution in [1.29, 1.82) is 5.26 Å². The van der Waals surface area contributed by atoms with Gasteiger partial charge in [0.15, 0.2) is 0 Å². The molecule has 0 N–H and O–H groups in total. The molecule has 1 amide bonds. The first kappa shape index (κ1) is 12.3. The Balaban J connectivity index is 2.05. The van der Waals surface area contributed by atoms with Crippen LogP contribution in [0.15, 0.2) is 0 Å². The van der Waals surface area contributed by atoms with Crippen LogP contribution in [0.25, 0.3) is 0 Å². The zero-order chi connectivity index (χ0) is 10.9. The minimum atomic E-state index is 0.195. The number of carbonyl (C=O) groups is 1. The smallest absolute Gasteiger partial charge is 0.232 e. The predicted octanol–water partition coefficient (Wildman–Crippen LogP) is 0.882. The Bertz CT molecular complexity index is 234. The van der Waals surface area contributed by atoms with Crippen molar-refractivity contribution in [2.24, 2.45) is 0 Å². The number of thioether (sulfide) groups is 1. The summed E-state index contributed by atoms with van der Waals surface area (Å²) in [7, 11) is 0. The zero-order valence-electron chi connectivity index (χ0n) is 8.78. The Kier molecular flexibility index (Phi) is 6.21. The molecule has 1 saturated heterocycles. The summed E-state index contributed by atoms with van der Waals surface area (Å²) in [5, 5.41) is 8.33. The molecule has 1 aliphatic heterocycles. The van der Waals surface area contributed by atoms with Crippen LogP contribution in [0, 0.1) is 11.3 Å². The fraction of sp³-hybridized carbons (Fsp3) is 0.800. The summed E-state index contributed by atoms with van der Waals surface area (Å²) in [5.41, 5.74) is 0. The fourth-order valence-electron chi connectivity index (χ4n) is 1.32. The highest BCUT2D eigenvalue weighted by molar-refractivity contribution is 7.99. The maximum absolute atomic E-state index is 11.6. The van der Waals surface area contributed by atoms with Crippen molar-refractivity contribution in [2.45, 2.75) is 12.8 Å². The van der Waals surface area contributed by atoms with Crippen LogP contribution in [-0.2, 0) is 9.53 Å². The van der Waals surface area contributed by atoms with Crippen LogP contribution >= 0.6 is 11.8 Å². The molecule has 1 aliphatic rings. The summed E-state index contributed by atoms with van der Waals surface area (Å²) >= 11 is 1.61. The van der Waals surface area contributed by atoms with Crippen LogP contribution in [-0.4, -0.2) is 48.6 Å². The van der Waals surface area contributed by atoms with Gasteiger partial charge in [0, 0.05) is 19.5 Å². The van der Waals surface area contributed by atoms with Gasteiger partial charge in [-0.05, 0) is 12.2 Å². The zero-order valence-corrected chi connectivity index (χ0v) is 9.59. The van der Waals surface area contributed by atoms with Crippen molar-refractivity contribution >= 4 is 17.7 Å². The average Bonchev–Trinajstić information content (AvgIpc) is 2.30. The molecule has 0 bridgehead atoms. The maximum atomic E-state index is 11.6. The second kappa shape index (κ2) is 7.55. The lowest BCUT2D eigenvalue weighted by atomic mass is 10.4. The van der Waals surface area contributed by atoms with Crippen molar-refractivity contribution in [1.82, 2.24) is 4.90 Å². The number of hydrogen-bond donors (Lipinski definition) is 0. The number of rotatable bonds is 5. The van der Waals surface area contributed by atoms with Crippen molar-refractivity contribution in [2.75, 3.05) is 37.8 Å². The number of hydrogen-bond acceptors (Lipinski definition) is 4. The molecule has 15 heavy (non-hydrogen) atoms. The number of morpholine rings is 1. The molecule has 0 saturated carbocycles. The Morgan fingerprint density at radius 3 is 2.87 bits per heavy atom. The molecule has 5 heteroatoms. The van der Waals surface area contributed by atoms with Crippen molar-refractivity contribution in [3.05, 3.63) is 0 Å². The van der Waals surface area contributed by atoms with Crippen LogP contribution in [0.1, 0.15) is 12.8 Å². The SMILES string of the molecule is N#CCCCSCC(=O)N1CCOCC1. The molecular weight excluding hydrogens is 212 g/mol. The normalized spacial score (nSPS) is 16.1. The van der Waals surface area contributed by atoms with E-state index < -0.39 is 0 Å². The van der Waals surface area contributed by atoms with Gasteiger partial charge >= 0.3 is 0 Å². The van der Waals surface area contributed by atoms with Gasteiger partial charge in [-0.15, -0.1) is 0 Å². The Morgan fingerprint density at radius 2 is 2.20 bits per heavy atom. The van der Waals surface area contributed by atoms with Crippen molar-refractivity contribution < 1.29 is 9.53 Å². The maximum Gasteiger partial charge on any atom is 0.232 e. The van der Waals surface area contributed by atoms with Gasteiger partial charge in [-0.2, -0.15) is 17.0 Å². The predicted molar refractivity (Wildman–Crippen MR) is 59.6 cm³/mol. The van der Waals surface area contributed by atoms with Gasteiger partial charge < -0.3 is 9.64 Å². The fourth-order valence-corrected chi connectivity index (χ4v) is 2.17. The first-order valence-corrected chi connectivity index (χ1v) is 6.30. The Labute approximate surface area is 94.6 Å². The minimum Gasteiger partial charge on any atom is -0.378 e. The molecule has 0 spiro atoms. The van der Waals surface area contributed by atoms with E-state index in [1.807, 2.05) is 4.90 Å². The first-order chi connectivity index (χ1) is 7.34. The highest BCUT2D eigenvalue weighted by atomic mass is 32.2. The van der Waals surface area contributed by atoms with E-state index >= 15 is 0 Å². The van der Waals surface area contributed by atoms with E-state index in [-0.39, 0.29) is 5.91 Å². The number of unbranched alkanes of at least 4 members (excludes halogenated alkanes) is 1. The molecule has 0 aromatic rings. The largest absolute Gasteiger partial charge is 0.378 e. The van der Waals surface area contributed by atoms with E-state index in [0.29, 0.717) is 25.4 Å². The van der Waals surface area contributed by atoms with Crippen molar-refractivity contribution in [3.63, 3.8) is 0 Å². The second-order valence-electron chi connectivity index (χ2n) is 3.31. The third-order valence-corrected chi connectivity index (χ3v) is 3.20. The molecule has 0 aliphatic carbocycles. The van der Waals surface area contributed by atoms with Crippen molar-refractivity contribution in [3.8, 4) is 6.07 Å². The average molecular weight is 228 g/mol. The lowest BCUT2D eigenvalue weighted by Crippen LogP contribution is -2.41. The summed E-state index contributed by atoms with van der Waals surface area (Å²) in [5.74, 6) is 1.62. The third-order valence-electron chi connectivity index (χ3n) is 2.17. The highest BCUT2D eigenvalue weighted by Gasteiger charge is 2.15. The van der Waals surface area contributed by atoms with E-state index in [1.54, 1.807) is 11.8 Å². The summed E-state index contributed by atoms with van der Waals surface area (Å²) in [6.07, 6.45) is 1.45. The van der Waals surface area contributed by atoms with Crippen LogP contribution in [0.4, 0.5) is 0 Å². The molecule has 0 atom stereocenters. The van der Waals surface area contributed by atoms with Crippen LogP contribution in [0.2, 0.25) is 0 Å². The lowest BCUT2D eigenvalue weighted by molar-refractivity contribution is -0.132. The van der Waals surface area contributed by atoms with Gasteiger partial charge in [0.2, 0.25) is 5.91 Å². The van der Waals surface area contributed by atoms with Gasteiger partial charge in [0.1, 0.15) is 0 Å². The molecular formula is C10H16N2O2S. The first-order valence-electron chi connectivity index (χ1n) is 5.15. The molecule has 84 valence electrons. The number of amides is 1. The monoisotopic (exact) mass is 228 g/mol. The standard InChI is InChI=1S/C10H16N2O2S/c11-3-1-2-8-15-9-10(13)12-4-6-14-7-5-12/h1-2,4-9H2. The molecule has 1 fully saturated rings. The van der Waals surface area contributed by atoms with E-state index in [4.69, 9.17) is 10.00 Å². The Morgan fingerprint density at radius 1 is 1.47 bits per heavy atom. The number of ether oxygens (including phenoxy) is 1. The summed E-state index contributed by atoms with van der Waals surface area (Å²) < 4.78 is 5.17. The van der Waals surface area contributed by atoms with Gasteiger partial charge in [-0.3, -0.25) is 4.79 Å². The van der Waals surface area contributed by atoms with Gasteiger partial charge in [0.25, 0.3) is 0 Å². The number of nitrogens with zero attached hydrogens (tertiary/aromatic N) is 2. The van der Waals surface area contributed by atoms with Crippen LogP contribution in [0.5, 0.6) is 0 Å². The Hall–Kier alpha value is -0.730. The van der Waals surface area contributed by atoms with Gasteiger partial charge in [0.05, 0.1) is 25.0 Å². The van der Waals surface area contributed by atoms with Gasteiger partial charge in [-0.25, -0.2) is 0 Å². The summed E-state index contributed by atoms with van der Waals surface area (Å²) in [4.78, 5) is 13.5.